The molecule has 1 fully saturated rings. The lowest BCUT2D eigenvalue weighted by atomic mass is 10.2. The number of hydrogen-bond acceptors (Lipinski definition) is 4. The Morgan fingerprint density at radius 2 is 1.50 bits per heavy atom. The molecule has 1 aliphatic rings. The first-order chi connectivity index (χ1) is 7.86. The maximum absolute atomic E-state index is 10.2. The molecule has 2 N–H and O–H groups in total. The third-order valence-electron chi connectivity index (χ3n) is 3.19. The predicted molar refractivity (Wildman–Crippen MR) is 66.5 cm³/mol. The Kier molecular flexibility index (Phi) is 7.38. The summed E-state index contributed by atoms with van der Waals surface area (Å²) in [6.45, 7) is 7.74. The van der Waals surface area contributed by atoms with E-state index in [1.807, 2.05) is 0 Å². The van der Waals surface area contributed by atoms with Crippen molar-refractivity contribution >= 4 is 6.29 Å². The van der Waals surface area contributed by atoms with Gasteiger partial charge in [0.05, 0.1) is 0 Å². The predicted octanol–water partition coefficient (Wildman–Crippen LogP) is 0.322. The number of unbranched alkanes of at least 4 members (excludes halogenated alkanes) is 2. The number of hydrogen-bond donors (Lipinski definition) is 1. The lowest BCUT2D eigenvalue weighted by molar-refractivity contribution is -0.108. The van der Waals surface area contributed by atoms with Crippen molar-refractivity contribution in [1.82, 2.24) is 9.80 Å². The summed E-state index contributed by atoms with van der Waals surface area (Å²) in [4.78, 5) is 15.2. The largest absolute Gasteiger partial charge is 0.330 e. The van der Waals surface area contributed by atoms with Gasteiger partial charge in [0.1, 0.15) is 6.29 Å². The van der Waals surface area contributed by atoms with Crippen LogP contribution in [0.2, 0.25) is 0 Å². The normalized spacial score (nSPS) is 18.8. The summed E-state index contributed by atoms with van der Waals surface area (Å²) in [5.41, 5.74) is 5.48. The Bertz CT molecular complexity index is 179. The molecule has 0 spiro atoms. The average Bonchev–Trinajstić information content (AvgIpc) is 2.32. The molecule has 1 rings (SSSR count). The molecule has 0 unspecified atom stereocenters. The SMILES string of the molecule is NCCCCN1CCN(CCCC=O)CC1. The number of nitrogens with zero attached hydrogens (tertiary/aromatic N) is 2. The number of carbonyl (C=O) groups excluding carboxylic acids is 1. The van der Waals surface area contributed by atoms with Gasteiger partial charge in [-0.25, -0.2) is 0 Å². The van der Waals surface area contributed by atoms with Gasteiger partial charge < -0.3 is 20.3 Å². The van der Waals surface area contributed by atoms with Crippen LogP contribution in [0.1, 0.15) is 25.7 Å². The molecule has 16 heavy (non-hydrogen) atoms. The van der Waals surface area contributed by atoms with E-state index in [1.54, 1.807) is 0 Å². The van der Waals surface area contributed by atoms with Gasteiger partial charge >= 0.3 is 0 Å². The van der Waals surface area contributed by atoms with Crippen molar-refractivity contribution in [3.05, 3.63) is 0 Å². The van der Waals surface area contributed by atoms with E-state index in [0.29, 0.717) is 6.42 Å². The average molecular weight is 227 g/mol. The number of aldehydes is 1. The van der Waals surface area contributed by atoms with Crippen molar-refractivity contribution in [3.8, 4) is 0 Å². The molecule has 0 atom stereocenters. The molecule has 0 aromatic heterocycles. The van der Waals surface area contributed by atoms with Crippen LogP contribution in [0.4, 0.5) is 0 Å². The van der Waals surface area contributed by atoms with Crippen molar-refractivity contribution in [2.24, 2.45) is 5.73 Å². The molecule has 0 aromatic carbocycles. The molecular weight excluding hydrogens is 202 g/mol. The summed E-state index contributed by atoms with van der Waals surface area (Å²) in [5, 5.41) is 0. The third kappa shape index (κ3) is 5.58. The Hall–Kier alpha value is -0.450. The van der Waals surface area contributed by atoms with E-state index in [4.69, 9.17) is 5.73 Å². The van der Waals surface area contributed by atoms with E-state index in [-0.39, 0.29) is 0 Å². The van der Waals surface area contributed by atoms with Crippen molar-refractivity contribution < 1.29 is 4.79 Å². The van der Waals surface area contributed by atoms with E-state index in [9.17, 15) is 4.79 Å². The van der Waals surface area contributed by atoms with Gasteiger partial charge in [-0.15, -0.1) is 0 Å². The van der Waals surface area contributed by atoms with Gasteiger partial charge in [-0.2, -0.15) is 0 Å². The topological polar surface area (TPSA) is 49.6 Å². The fourth-order valence-electron chi connectivity index (χ4n) is 2.11. The van der Waals surface area contributed by atoms with Crippen molar-refractivity contribution in [1.29, 1.82) is 0 Å². The highest BCUT2D eigenvalue weighted by atomic mass is 16.1. The standard InChI is InChI=1S/C12H25N3O/c13-5-1-2-6-14-8-10-15(11-9-14)7-3-4-12-16/h12H,1-11,13H2. The summed E-state index contributed by atoms with van der Waals surface area (Å²) in [7, 11) is 0. The van der Waals surface area contributed by atoms with Gasteiger partial charge in [-0.3, -0.25) is 0 Å². The van der Waals surface area contributed by atoms with Crippen LogP contribution >= 0.6 is 0 Å². The molecule has 0 amide bonds. The van der Waals surface area contributed by atoms with Gasteiger partial charge in [0.2, 0.25) is 0 Å². The second-order valence-electron chi connectivity index (χ2n) is 4.49. The van der Waals surface area contributed by atoms with E-state index in [0.717, 1.165) is 45.3 Å². The molecule has 4 nitrogen and oxygen atoms in total. The summed E-state index contributed by atoms with van der Waals surface area (Å²) in [6, 6.07) is 0. The van der Waals surface area contributed by atoms with E-state index < -0.39 is 0 Å². The van der Waals surface area contributed by atoms with Crippen LogP contribution in [0.5, 0.6) is 0 Å². The Balaban J connectivity index is 2.02. The maximum Gasteiger partial charge on any atom is 0.120 e. The summed E-state index contributed by atoms with van der Waals surface area (Å²) < 4.78 is 0. The highest BCUT2D eigenvalue weighted by molar-refractivity contribution is 5.48. The first-order valence-electron chi connectivity index (χ1n) is 6.45. The fraction of sp³-hybridized carbons (Fsp3) is 0.917. The molecule has 94 valence electrons. The molecule has 1 heterocycles. The fourth-order valence-corrected chi connectivity index (χ4v) is 2.11. The monoisotopic (exact) mass is 227 g/mol. The second-order valence-corrected chi connectivity index (χ2v) is 4.49. The van der Waals surface area contributed by atoms with Crippen LogP contribution < -0.4 is 5.73 Å². The quantitative estimate of drug-likeness (QED) is 0.479. The highest BCUT2D eigenvalue weighted by Gasteiger charge is 2.15. The molecule has 0 saturated carbocycles. The molecule has 0 bridgehead atoms. The van der Waals surface area contributed by atoms with E-state index in [1.165, 1.54) is 26.1 Å². The lowest BCUT2D eigenvalue weighted by Crippen LogP contribution is -2.46. The second kappa shape index (κ2) is 8.67. The minimum absolute atomic E-state index is 0.705. The number of rotatable bonds is 8. The van der Waals surface area contributed by atoms with Gasteiger partial charge in [-0.1, -0.05) is 0 Å². The van der Waals surface area contributed by atoms with Crippen LogP contribution in [0, 0.1) is 0 Å². The van der Waals surface area contributed by atoms with Crippen molar-refractivity contribution in [2.45, 2.75) is 25.7 Å². The Morgan fingerprint density at radius 1 is 0.938 bits per heavy atom. The molecule has 0 radical (unpaired) electrons. The number of carbonyl (C=O) groups is 1. The summed E-state index contributed by atoms with van der Waals surface area (Å²) >= 11 is 0. The molecule has 1 aliphatic heterocycles. The zero-order chi connectivity index (χ0) is 11.6. The van der Waals surface area contributed by atoms with Crippen LogP contribution in [0.15, 0.2) is 0 Å². The zero-order valence-corrected chi connectivity index (χ0v) is 10.2. The van der Waals surface area contributed by atoms with Crippen molar-refractivity contribution in [2.75, 3.05) is 45.8 Å². The molecule has 0 aromatic rings. The molecule has 4 heteroatoms. The van der Waals surface area contributed by atoms with E-state index in [2.05, 4.69) is 9.80 Å². The number of nitrogens with two attached hydrogens (primary N) is 1. The van der Waals surface area contributed by atoms with Crippen LogP contribution in [0.3, 0.4) is 0 Å². The maximum atomic E-state index is 10.2. The number of piperazine rings is 1. The minimum atomic E-state index is 0.705. The van der Waals surface area contributed by atoms with E-state index >= 15 is 0 Å². The Morgan fingerprint density at radius 3 is 2.00 bits per heavy atom. The molecule has 0 aliphatic carbocycles. The van der Waals surface area contributed by atoms with Gasteiger partial charge in [0.25, 0.3) is 0 Å². The first-order valence-corrected chi connectivity index (χ1v) is 6.45. The van der Waals surface area contributed by atoms with Gasteiger partial charge in [-0.05, 0) is 38.9 Å². The van der Waals surface area contributed by atoms with Crippen LogP contribution in [0.25, 0.3) is 0 Å². The summed E-state index contributed by atoms with van der Waals surface area (Å²) in [5.74, 6) is 0. The molecular formula is C12H25N3O. The van der Waals surface area contributed by atoms with Gasteiger partial charge in [0, 0.05) is 32.6 Å². The third-order valence-corrected chi connectivity index (χ3v) is 3.19. The highest BCUT2D eigenvalue weighted by Crippen LogP contribution is 2.04. The minimum Gasteiger partial charge on any atom is -0.330 e. The molecule has 1 saturated heterocycles. The summed E-state index contributed by atoms with van der Waals surface area (Å²) in [6.07, 6.45) is 5.09. The smallest absolute Gasteiger partial charge is 0.120 e. The Labute approximate surface area is 98.8 Å². The van der Waals surface area contributed by atoms with Crippen molar-refractivity contribution in [3.63, 3.8) is 0 Å². The lowest BCUT2D eigenvalue weighted by Gasteiger charge is -2.34. The van der Waals surface area contributed by atoms with Gasteiger partial charge in [0.15, 0.2) is 0 Å². The first kappa shape index (κ1) is 13.6. The van der Waals surface area contributed by atoms with Crippen LogP contribution in [-0.2, 0) is 4.79 Å². The zero-order valence-electron chi connectivity index (χ0n) is 10.2. The van der Waals surface area contributed by atoms with Crippen LogP contribution in [-0.4, -0.2) is 61.9 Å².